The first-order valence-electron chi connectivity index (χ1n) is 8.28. The first-order valence-corrected chi connectivity index (χ1v) is 10.2. The lowest BCUT2D eigenvalue weighted by Gasteiger charge is -2.40. The molecule has 3 aromatic rings. The van der Waals surface area contributed by atoms with Gasteiger partial charge in [0.25, 0.3) is 17.5 Å². The molecule has 0 amide bonds. The van der Waals surface area contributed by atoms with Crippen LogP contribution in [-0.2, 0) is 6.42 Å². The van der Waals surface area contributed by atoms with Crippen LogP contribution >= 0.6 is 10.2 Å². The van der Waals surface area contributed by atoms with E-state index in [9.17, 15) is 38.1 Å². The third-order valence-electron chi connectivity index (χ3n) is 4.27. The van der Waals surface area contributed by atoms with Gasteiger partial charge in [0, 0.05) is 0 Å². The summed E-state index contributed by atoms with van der Waals surface area (Å²) in [6, 6.07) is 0.161. The van der Waals surface area contributed by atoms with E-state index in [0.29, 0.717) is 6.92 Å². The molecule has 2 heterocycles. The highest BCUT2D eigenvalue weighted by Crippen LogP contribution is 3.02. The predicted molar refractivity (Wildman–Crippen MR) is 95.8 cm³/mol. The number of nitrogens with zero attached hydrogens (tertiary/aromatic N) is 3. The molecule has 166 valence electrons. The summed E-state index contributed by atoms with van der Waals surface area (Å²) in [5.74, 6) is -3.25. The van der Waals surface area contributed by atoms with Crippen molar-refractivity contribution < 1.29 is 33.3 Å². The van der Waals surface area contributed by atoms with Gasteiger partial charge < -0.3 is 5.11 Å². The first-order chi connectivity index (χ1) is 13.4. The molecule has 2 aromatic heterocycles. The van der Waals surface area contributed by atoms with Gasteiger partial charge in [0.2, 0.25) is 0 Å². The number of hydrogen-bond acceptors (Lipinski definition) is 4. The van der Waals surface area contributed by atoms with Crippen molar-refractivity contribution in [1.82, 2.24) is 19.7 Å². The number of nitrogens with one attached hydrogen (secondary N) is 1. The molecule has 3 rings (SSSR count). The van der Waals surface area contributed by atoms with Crippen molar-refractivity contribution in [3.63, 3.8) is 0 Å². The molecule has 0 saturated carbocycles. The van der Waals surface area contributed by atoms with E-state index >= 15 is 0 Å². The highest BCUT2D eigenvalue weighted by Gasteiger charge is 2.65. The molecule has 0 bridgehead atoms. The Balaban J connectivity index is 2.14. The molecular weight excluding hydrogens is 445 g/mol. The number of hydrogen-bond donors (Lipinski definition) is 2. The Bertz CT molecular complexity index is 1180. The molecule has 30 heavy (non-hydrogen) atoms. The zero-order chi connectivity index (χ0) is 22.8. The number of aromatic amines is 1. The molecule has 1 unspecified atom stereocenters. The predicted octanol–water partition coefficient (Wildman–Crippen LogP) is 5.29. The van der Waals surface area contributed by atoms with Gasteiger partial charge in [-0.1, -0.05) is 31.6 Å². The average Bonchev–Trinajstić information content (AvgIpc) is 2.88. The van der Waals surface area contributed by atoms with Gasteiger partial charge in [-0.25, -0.2) is 13.5 Å². The van der Waals surface area contributed by atoms with Crippen molar-refractivity contribution in [3.8, 4) is 6.01 Å². The number of H-pyrrole nitrogens is 1. The van der Waals surface area contributed by atoms with Crippen molar-refractivity contribution >= 4 is 21.3 Å². The Morgan fingerprint density at radius 1 is 1.17 bits per heavy atom. The Hall–Kier alpha value is -2.77. The minimum Gasteiger partial charge on any atom is -0.480 e. The number of halogens is 7. The van der Waals surface area contributed by atoms with Crippen LogP contribution in [0.4, 0.5) is 28.2 Å². The van der Waals surface area contributed by atoms with Crippen LogP contribution in [0.25, 0.3) is 11.0 Å². The fraction of sp³-hybridized carbons (Fsp3) is 0.312. The van der Waals surface area contributed by atoms with E-state index in [2.05, 4.69) is 10.1 Å². The van der Waals surface area contributed by atoms with Crippen molar-refractivity contribution in [2.24, 2.45) is 0 Å². The van der Waals surface area contributed by atoms with Crippen molar-refractivity contribution in [2.75, 3.05) is 0 Å². The fourth-order valence-corrected chi connectivity index (χ4v) is 3.59. The number of alkyl halides is 2. The van der Waals surface area contributed by atoms with Gasteiger partial charge in [-0.05, 0) is 31.5 Å². The monoisotopic (exact) mass is 460 g/mol. The standard InChI is InChI=1S/C16H15F7N4O2S/c1-8(9-3-5-10(6-4-9)30(19,20,21,22)23)27-13-12(14(28)25-15(29)24-13)11(26-27)7-16(2,17)18/h3-6,8H,7H2,1-2H3,(H2,24,25,28,29). The molecule has 14 heteroatoms. The van der Waals surface area contributed by atoms with Crippen LogP contribution in [0, 0.1) is 0 Å². The van der Waals surface area contributed by atoms with Gasteiger partial charge in [0.15, 0.2) is 5.65 Å². The maximum absolute atomic E-state index is 13.5. The van der Waals surface area contributed by atoms with Gasteiger partial charge in [-0.2, -0.15) is 10.1 Å². The highest BCUT2D eigenvalue weighted by molar-refractivity contribution is 8.45. The lowest BCUT2D eigenvalue weighted by Crippen LogP contribution is -2.16. The van der Waals surface area contributed by atoms with Gasteiger partial charge in [-0.15, -0.1) is 0 Å². The van der Waals surface area contributed by atoms with Crippen LogP contribution in [0.5, 0.6) is 6.01 Å². The number of fused-ring (bicyclic) bond motifs is 1. The summed E-state index contributed by atoms with van der Waals surface area (Å²) in [4.78, 5) is 15.7. The van der Waals surface area contributed by atoms with Crippen LogP contribution in [0.3, 0.4) is 0 Å². The number of rotatable bonds is 5. The Morgan fingerprint density at radius 2 is 1.73 bits per heavy atom. The molecule has 0 aliphatic heterocycles. The van der Waals surface area contributed by atoms with Gasteiger partial charge in [-0.3, -0.25) is 9.78 Å². The Kier molecular flexibility index (Phi) is 4.31. The average molecular weight is 460 g/mol. The van der Waals surface area contributed by atoms with Crippen LogP contribution in [0.1, 0.15) is 31.1 Å². The minimum atomic E-state index is -9.86. The fourth-order valence-electron chi connectivity index (χ4n) is 2.94. The normalized spacial score (nSPS) is 16.3. The molecule has 0 radical (unpaired) electrons. The Morgan fingerprint density at radius 3 is 2.23 bits per heavy atom. The summed E-state index contributed by atoms with van der Waals surface area (Å²) in [5.41, 5.74) is -1.52. The van der Waals surface area contributed by atoms with E-state index in [1.807, 2.05) is 4.98 Å². The quantitative estimate of drug-likeness (QED) is 0.507. The zero-order valence-corrected chi connectivity index (χ0v) is 16.2. The van der Waals surface area contributed by atoms with E-state index in [-0.39, 0.29) is 34.4 Å². The zero-order valence-electron chi connectivity index (χ0n) is 15.3. The van der Waals surface area contributed by atoms with Crippen molar-refractivity contribution in [2.45, 2.75) is 37.1 Å². The smallest absolute Gasteiger partial charge is 0.310 e. The molecular formula is C16H15F7N4O2S. The molecule has 0 saturated heterocycles. The lowest BCUT2D eigenvalue weighted by atomic mass is 10.1. The van der Waals surface area contributed by atoms with Gasteiger partial charge in [0.1, 0.15) is 10.3 Å². The molecule has 1 atom stereocenters. The first kappa shape index (κ1) is 21.9. The van der Waals surface area contributed by atoms with Crippen LogP contribution in [0.15, 0.2) is 34.0 Å². The second kappa shape index (κ2) is 5.89. The molecule has 0 aliphatic rings. The van der Waals surface area contributed by atoms with E-state index in [1.54, 1.807) is 0 Å². The van der Waals surface area contributed by atoms with Crippen LogP contribution in [0.2, 0.25) is 0 Å². The molecule has 0 aliphatic carbocycles. The third-order valence-corrected chi connectivity index (χ3v) is 5.44. The molecule has 1 aromatic carbocycles. The summed E-state index contributed by atoms with van der Waals surface area (Å²) in [5, 5.41) is 13.2. The van der Waals surface area contributed by atoms with E-state index in [1.165, 1.54) is 6.92 Å². The van der Waals surface area contributed by atoms with Crippen LogP contribution in [-0.4, -0.2) is 30.8 Å². The molecule has 0 fully saturated rings. The number of benzene rings is 1. The largest absolute Gasteiger partial charge is 0.480 e. The van der Waals surface area contributed by atoms with E-state index in [0.717, 1.165) is 16.8 Å². The topological polar surface area (TPSA) is 83.8 Å². The maximum Gasteiger partial charge on any atom is 0.310 e. The van der Waals surface area contributed by atoms with Crippen molar-refractivity contribution in [1.29, 1.82) is 0 Å². The molecule has 2 N–H and O–H groups in total. The van der Waals surface area contributed by atoms with Gasteiger partial charge >= 0.3 is 10.2 Å². The van der Waals surface area contributed by atoms with E-state index in [4.69, 9.17) is 0 Å². The summed E-state index contributed by atoms with van der Waals surface area (Å²) >= 11 is 0. The Labute approximate surface area is 164 Å². The highest BCUT2D eigenvalue weighted by atomic mass is 32.5. The minimum absolute atomic E-state index is 0.0568. The second-order valence-corrected chi connectivity index (χ2v) is 9.35. The third kappa shape index (κ3) is 4.37. The summed E-state index contributed by atoms with van der Waals surface area (Å²) in [6.07, 6.45) is -0.943. The van der Waals surface area contributed by atoms with Gasteiger partial charge in [0.05, 0.1) is 18.2 Å². The van der Waals surface area contributed by atoms with Crippen molar-refractivity contribution in [3.05, 3.63) is 45.9 Å². The van der Waals surface area contributed by atoms with Crippen LogP contribution < -0.4 is 5.56 Å². The lowest BCUT2D eigenvalue weighted by molar-refractivity contribution is 0.0217. The van der Waals surface area contributed by atoms with E-state index < -0.39 is 45.1 Å². The SMILES string of the molecule is CC(c1ccc(S(F)(F)(F)(F)F)cc1)n1nc(CC(C)(F)F)c2c(=O)[nH]c(O)nc21. The number of aromatic hydroxyl groups is 1. The second-order valence-electron chi connectivity index (χ2n) is 6.94. The maximum atomic E-state index is 13.5. The molecule has 6 nitrogen and oxygen atoms in total. The molecule has 0 spiro atoms. The summed E-state index contributed by atoms with van der Waals surface area (Å²) in [6.45, 7) is 1.98. The number of aromatic nitrogens is 4. The summed E-state index contributed by atoms with van der Waals surface area (Å²) < 4.78 is 92.4. The summed E-state index contributed by atoms with van der Waals surface area (Å²) in [7, 11) is -9.86.